The zero-order valence-electron chi connectivity index (χ0n) is 10.5. The molecule has 0 aromatic heterocycles. The van der Waals surface area contributed by atoms with Crippen LogP contribution in [0.1, 0.15) is 1.37 Å². The highest BCUT2D eigenvalue weighted by molar-refractivity contribution is 4.68. The van der Waals surface area contributed by atoms with Gasteiger partial charge < -0.3 is 21.7 Å². The molecule has 15 heavy (non-hydrogen) atoms. The lowest BCUT2D eigenvalue weighted by Crippen LogP contribution is -2.46. The Kier molecular flexibility index (Phi) is 6.82. The van der Waals surface area contributed by atoms with Crippen molar-refractivity contribution in [1.29, 1.82) is 0 Å². The van der Waals surface area contributed by atoms with Crippen LogP contribution in [0.4, 0.5) is 0 Å². The molecule has 0 aromatic rings. The predicted octanol–water partition coefficient (Wildman–Crippen LogP) is -1.97. The highest BCUT2D eigenvalue weighted by atomic mass is 15.2. The highest BCUT2D eigenvalue weighted by Crippen LogP contribution is 1.89. The van der Waals surface area contributed by atoms with Crippen molar-refractivity contribution in [1.82, 2.24) is 20.9 Å². The van der Waals surface area contributed by atoms with E-state index in [1.54, 1.807) is 0 Å². The molecular weight excluding hydrogens is 190 g/mol. The summed E-state index contributed by atoms with van der Waals surface area (Å²) in [5.74, 6) is 0. The minimum absolute atomic E-state index is 0.114. The molecular formula is C10H25N5. The average molecular weight is 216 g/mol. The van der Waals surface area contributed by atoms with Crippen molar-refractivity contribution in [3.05, 3.63) is 0 Å². The van der Waals surface area contributed by atoms with Crippen LogP contribution >= 0.6 is 0 Å². The Morgan fingerprint density at radius 2 is 1.80 bits per heavy atom. The first kappa shape index (κ1) is 11.3. The minimum Gasteiger partial charge on any atom is -0.329 e. The van der Waals surface area contributed by atoms with Crippen LogP contribution in [0.3, 0.4) is 0 Å². The zero-order chi connectivity index (χ0) is 11.6. The van der Waals surface area contributed by atoms with Crippen molar-refractivity contribution < 1.29 is 1.37 Å². The summed E-state index contributed by atoms with van der Waals surface area (Å²) in [6, 6.07) is 0. The molecule has 0 aromatic carbocycles. The molecule has 0 amide bonds. The molecule has 0 aliphatic carbocycles. The maximum atomic E-state index is 7.98. The summed E-state index contributed by atoms with van der Waals surface area (Å²) >= 11 is 0. The highest BCUT2D eigenvalue weighted by Gasteiger charge is 2.07. The molecule has 90 valence electrons. The molecule has 0 saturated carbocycles. The van der Waals surface area contributed by atoms with Gasteiger partial charge in [0, 0.05) is 66.8 Å². The second kappa shape index (κ2) is 9.06. The normalized spacial score (nSPS) is 21.3. The summed E-state index contributed by atoms with van der Waals surface area (Å²) < 4.78 is 7.98. The van der Waals surface area contributed by atoms with Crippen LogP contribution in [0.2, 0.25) is 0 Å². The number of hydrogen-bond acceptors (Lipinski definition) is 5. The molecule has 1 heterocycles. The smallest absolute Gasteiger partial charge is 0.0444 e. The Bertz CT molecular complexity index is 163. The molecule has 1 saturated heterocycles. The third-order valence-electron chi connectivity index (χ3n) is 2.45. The lowest BCUT2D eigenvalue weighted by Gasteiger charge is -2.27. The van der Waals surface area contributed by atoms with Crippen molar-refractivity contribution in [2.75, 3.05) is 65.4 Å². The van der Waals surface area contributed by atoms with Gasteiger partial charge in [0.05, 0.1) is 0 Å². The van der Waals surface area contributed by atoms with Crippen LogP contribution in [-0.4, -0.2) is 70.3 Å². The minimum atomic E-state index is -0.114. The third kappa shape index (κ3) is 6.81. The standard InChI is InChI=1S/C10H25N5/c11-1-2-12-3-4-13-5-8-15-9-6-14-7-10-15/h12-14H,1-11H2/i8D. The van der Waals surface area contributed by atoms with Crippen molar-refractivity contribution in [3.63, 3.8) is 0 Å². The lowest BCUT2D eigenvalue weighted by atomic mass is 10.3. The molecule has 1 aliphatic heterocycles. The Hall–Kier alpha value is -0.200. The number of nitrogens with zero attached hydrogens (tertiary/aromatic N) is 1. The van der Waals surface area contributed by atoms with E-state index in [4.69, 9.17) is 7.10 Å². The fraction of sp³-hybridized carbons (Fsp3) is 1.00. The molecule has 0 radical (unpaired) electrons. The van der Waals surface area contributed by atoms with Gasteiger partial charge in [-0.25, -0.2) is 0 Å². The summed E-state index contributed by atoms with van der Waals surface area (Å²) in [6.07, 6.45) is 0. The van der Waals surface area contributed by atoms with Gasteiger partial charge in [-0.2, -0.15) is 0 Å². The molecule has 1 rings (SSSR count). The molecule has 0 bridgehead atoms. The van der Waals surface area contributed by atoms with E-state index in [1.807, 2.05) is 0 Å². The average Bonchev–Trinajstić information content (AvgIpc) is 2.34. The van der Waals surface area contributed by atoms with E-state index >= 15 is 0 Å². The Morgan fingerprint density at radius 3 is 2.47 bits per heavy atom. The van der Waals surface area contributed by atoms with Crippen LogP contribution in [0.25, 0.3) is 0 Å². The summed E-state index contributed by atoms with van der Waals surface area (Å²) in [5, 5.41) is 9.80. The van der Waals surface area contributed by atoms with Crippen molar-refractivity contribution in [2.45, 2.75) is 0 Å². The zero-order valence-corrected chi connectivity index (χ0v) is 9.47. The van der Waals surface area contributed by atoms with Crippen LogP contribution in [0, 0.1) is 0 Å². The van der Waals surface area contributed by atoms with Crippen molar-refractivity contribution in [2.24, 2.45) is 5.73 Å². The number of piperazine rings is 1. The van der Waals surface area contributed by atoms with E-state index < -0.39 is 0 Å². The Morgan fingerprint density at radius 1 is 1.13 bits per heavy atom. The molecule has 1 aliphatic rings. The van der Waals surface area contributed by atoms with Gasteiger partial charge in [-0.05, 0) is 0 Å². The molecule has 5 nitrogen and oxygen atoms in total. The van der Waals surface area contributed by atoms with Gasteiger partial charge in [-0.3, -0.25) is 4.90 Å². The number of nitrogens with two attached hydrogens (primary N) is 1. The Balaban J connectivity index is 1.94. The monoisotopic (exact) mass is 216 g/mol. The van der Waals surface area contributed by atoms with Crippen molar-refractivity contribution >= 4 is 0 Å². The van der Waals surface area contributed by atoms with Gasteiger partial charge in [-0.15, -0.1) is 0 Å². The van der Waals surface area contributed by atoms with Gasteiger partial charge in [0.2, 0.25) is 0 Å². The molecule has 5 N–H and O–H groups in total. The third-order valence-corrected chi connectivity index (χ3v) is 2.45. The molecule has 0 spiro atoms. The van der Waals surface area contributed by atoms with E-state index in [0.29, 0.717) is 6.54 Å². The topological polar surface area (TPSA) is 65.3 Å². The molecule has 1 unspecified atom stereocenters. The summed E-state index contributed by atoms with van der Waals surface area (Å²) in [6.45, 7) is 7.99. The summed E-state index contributed by atoms with van der Waals surface area (Å²) in [4.78, 5) is 2.21. The van der Waals surface area contributed by atoms with Crippen LogP contribution in [0.5, 0.6) is 0 Å². The number of rotatable bonds is 8. The fourth-order valence-corrected chi connectivity index (χ4v) is 1.56. The van der Waals surface area contributed by atoms with E-state index in [0.717, 1.165) is 52.4 Å². The van der Waals surface area contributed by atoms with Gasteiger partial charge in [-0.1, -0.05) is 0 Å². The maximum absolute atomic E-state index is 7.98. The van der Waals surface area contributed by atoms with E-state index in [2.05, 4.69) is 20.9 Å². The second-order valence-corrected chi connectivity index (χ2v) is 3.71. The first-order valence-electron chi connectivity index (χ1n) is 6.41. The van der Waals surface area contributed by atoms with Gasteiger partial charge in [0.25, 0.3) is 0 Å². The van der Waals surface area contributed by atoms with Gasteiger partial charge >= 0.3 is 0 Å². The number of nitrogens with one attached hydrogen (secondary N) is 3. The van der Waals surface area contributed by atoms with E-state index in [9.17, 15) is 0 Å². The quantitative estimate of drug-likeness (QED) is 0.355. The van der Waals surface area contributed by atoms with Crippen LogP contribution < -0.4 is 21.7 Å². The van der Waals surface area contributed by atoms with E-state index in [1.165, 1.54) is 0 Å². The Labute approximate surface area is 94.2 Å². The first-order chi connectivity index (χ1) is 7.84. The van der Waals surface area contributed by atoms with Gasteiger partial charge in [0.1, 0.15) is 0 Å². The molecule has 1 fully saturated rings. The lowest BCUT2D eigenvalue weighted by molar-refractivity contribution is 0.241. The first-order valence-corrected chi connectivity index (χ1v) is 5.83. The maximum Gasteiger partial charge on any atom is 0.0444 e. The van der Waals surface area contributed by atoms with E-state index in [-0.39, 0.29) is 6.52 Å². The summed E-state index contributed by atoms with van der Waals surface area (Å²) in [7, 11) is 0. The fourth-order valence-electron chi connectivity index (χ4n) is 1.56. The van der Waals surface area contributed by atoms with Crippen LogP contribution in [-0.2, 0) is 0 Å². The largest absolute Gasteiger partial charge is 0.329 e. The van der Waals surface area contributed by atoms with Crippen LogP contribution in [0.15, 0.2) is 0 Å². The van der Waals surface area contributed by atoms with Crippen molar-refractivity contribution in [3.8, 4) is 0 Å². The van der Waals surface area contributed by atoms with Gasteiger partial charge in [0.15, 0.2) is 0 Å². The summed E-state index contributed by atoms with van der Waals surface area (Å²) in [5.41, 5.74) is 5.36. The SMILES string of the molecule is [2H]C(CNCCNCCN)N1CCNCC1. The molecule has 5 heteroatoms. The second-order valence-electron chi connectivity index (χ2n) is 3.71. The molecule has 1 atom stereocenters. The predicted molar refractivity (Wildman–Crippen MR) is 64.1 cm³/mol. The number of hydrogen-bond donors (Lipinski definition) is 4.